The number of hydrogen-bond donors (Lipinski definition) is 1. The van der Waals surface area contributed by atoms with Crippen molar-refractivity contribution in [2.45, 2.75) is 6.92 Å². The molecule has 0 rings (SSSR count). The van der Waals surface area contributed by atoms with Gasteiger partial charge >= 0.3 is 20.2 Å². The van der Waals surface area contributed by atoms with E-state index in [9.17, 15) is 0 Å². The fourth-order valence-electron chi connectivity index (χ4n) is 0. The van der Waals surface area contributed by atoms with Gasteiger partial charge in [0.15, 0.2) is 0 Å². The third-order valence-electron chi connectivity index (χ3n) is 0. The Hall–Kier alpha value is 0.303. The number of hydrogen-bond acceptors (Lipinski definition) is 2. The summed E-state index contributed by atoms with van der Waals surface area (Å²) in [6.45, 7) is 1.93. The number of aliphatic hydroxyl groups is 1. The van der Waals surface area contributed by atoms with Crippen LogP contribution in [0.3, 0.4) is 0 Å². The summed E-state index contributed by atoms with van der Waals surface area (Å²) in [5, 5.41) is 7.57. The van der Waals surface area contributed by atoms with Gasteiger partial charge in [-0.25, -0.2) is 0 Å². The molecule has 0 aromatic carbocycles. The van der Waals surface area contributed by atoms with Gasteiger partial charge in [-0.3, -0.25) is 0 Å². The van der Waals surface area contributed by atoms with Crippen molar-refractivity contribution in [1.82, 2.24) is 0 Å². The van der Waals surface area contributed by atoms with E-state index in [1.54, 1.807) is 6.92 Å². The molecule has 0 aliphatic carbocycles. The molecule has 0 amide bonds. The molecule has 0 saturated carbocycles. The van der Waals surface area contributed by atoms with Gasteiger partial charge < -0.3 is 5.11 Å². The van der Waals surface area contributed by atoms with E-state index in [-0.39, 0.29) is 23.1 Å². The Morgan fingerprint density at radius 2 is 1.80 bits per heavy atom. The second kappa shape index (κ2) is 27.7. The zero-order valence-corrected chi connectivity index (χ0v) is 6.24. The maximum absolute atomic E-state index is 8.38. The molecule has 1 N–H and O–H groups in total. The molecule has 3 heteroatoms. The summed E-state index contributed by atoms with van der Waals surface area (Å²) < 4.78 is 8.38. The Labute approximate surface area is 39.6 Å². The molecule has 0 atom stereocenters. The topological polar surface area (TPSA) is 37.3 Å². The van der Waals surface area contributed by atoms with Crippen molar-refractivity contribution >= 4 is 16.5 Å². The average Bonchev–Trinajstić information content (AvgIpc) is 1.46. The van der Waals surface area contributed by atoms with E-state index in [4.69, 9.17) is 8.88 Å². The van der Waals surface area contributed by atoms with Crippen molar-refractivity contribution < 1.29 is 8.88 Å². The van der Waals surface area contributed by atoms with Crippen LogP contribution in [0.2, 0.25) is 0 Å². The minimum absolute atomic E-state index is 0.125. The number of rotatable bonds is 0. The molecule has 0 bridgehead atoms. The van der Waals surface area contributed by atoms with Crippen LogP contribution in [-0.2, 0) is 3.78 Å². The molecule has 5 heavy (non-hydrogen) atoms. The minimum atomic E-state index is 0.125. The van der Waals surface area contributed by atoms with E-state index in [1.807, 2.05) is 0 Å². The Kier molecular flexibility index (Phi) is 49.8. The van der Waals surface area contributed by atoms with Crippen LogP contribution in [0.15, 0.2) is 0 Å². The molecule has 0 saturated heterocycles. The van der Waals surface area contributed by atoms with E-state index >= 15 is 0 Å². The van der Waals surface area contributed by atoms with Crippen molar-refractivity contribution in [3.8, 4) is 0 Å². The summed E-state index contributed by atoms with van der Waals surface area (Å²) >= 11 is 0.125. The van der Waals surface area contributed by atoms with Crippen LogP contribution >= 0.6 is 0 Å². The Bertz CT molecular complexity index is 11.6. The third-order valence-corrected chi connectivity index (χ3v) is 0. The Balaban J connectivity index is 0. The van der Waals surface area contributed by atoms with Crippen molar-refractivity contribution in [2.75, 3.05) is 6.61 Å². The van der Waals surface area contributed by atoms with Crippen LogP contribution in [0.5, 0.6) is 0 Å². The van der Waals surface area contributed by atoms with Gasteiger partial charge in [-0.2, -0.15) is 0 Å². The summed E-state index contributed by atoms with van der Waals surface area (Å²) in [6, 6.07) is 0. The van der Waals surface area contributed by atoms with Gasteiger partial charge in [0, 0.05) is 6.61 Å². The molecule has 0 heterocycles. The second-order valence-electron chi connectivity index (χ2n) is 0.316. The van der Waals surface area contributed by atoms with E-state index in [1.165, 1.54) is 0 Å². The number of aliphatic hydroxyl groups excluding tert-OH is 1. The van der Waals surface area contributed by atoms with Gasteiger partial charge in [0.05, 0.1) is 0 Å². The summed E-state index contributed by atoms with van der Waals surface area (Å²) in [4.78, 5) is 0. The molecule has 0 aromatic heterocycles. The predicted octanol–water partition coefficient (Wildman–Crippen LogP) is -1.04. The first-order valence-electron chi connectivity index (χ1n) is 1.31. The molecular formula is C2H8GeO2. The van der Waals surface area contributed by atoms with Gasteiger partial charge in [0.2, 0.25) is 0 Å². The van der Waals surface area contributed by atoms with Gasteiger partial charge in [0.25, 0.3) is 0 Å². The second-order valence-corrected chi connectivity index (χ2v) is 0.316. The first-order valence-corrected chi connectivity index (χ1v) is 2.52. The summed E-state index contributed by atoms with van der Waals surface area (Å²) in [7, 11) is 0. The molecule has 0 spiro atoms. The standard InChI is InChI=1S/C2H6O.GeH2O/c1-2-3;1-2/h3H,2H2,1H3;1H2. The van der Waals surface area contributed by atoms with Crippen LogP contribution in [-0.4, -0.2) is 28.2 Å². The molecule has 2 nitrogen and oxygen atoms in total. The zero-order valence-electron chi connectivity index (χ0n) is 3.27. The normalized spacial score (nSPS) is 4.40. The van der Waals surface area contributed by atoms with E-state index in [2.05, 4.69) is 0 Å². The molecule has 0 aliphatic rings. The average molecular weight is 137 g/mol. The van der Waals surface area contributed by atoms with Crippen molar-refractivity contribution in [1.29, 1.82) is 0 Å². The quantitative estimate of drug-likeness (QED) is 0.433. The SMILES string of the molecule is CCO.[O]=[GeH2]. The van der Waals surface area contributed by atoms with E-state index in [0.29, 0.717) is 0 Å². The third kappa shape index (κ3) is 249. The zero-order chi connectivity index (χ0) is 4.71. The first kappa shape index (κ1) is 9.00. The van der Waals surface area contributed by atoms with Gasteiger partial charge in [-0.15, -0.1) is 0 Å². The molecular weight excluding hydrogens is 129 g/mol. The van der Waals surface area contributed by atoms with E-state index < -0.39 is 0 Å². The van der Waals surface area contributed by atoms with Crippen molar-refractivity contribution in [2.24, 2.45) is 0 Å². The molecule has 0 aromatic rings. The van der Waals surface area contributed by atoms with Gasteiger partial charge in [0.1, 0.15) is 0 Å². The fraction of sp³-hybridized carbons (Fsp3) is 1.00. The van der Waals surface area contributed by atoms with Crippen LogP contribution in [0.1, 0.15) is 6.92 Å². The van der Waals surface area contributed by atoms with Crippen LogP contribution in [0.25, 0.3) is 0 Å². The van der Waals surface area contributed by atoms with Crippen molar-refractivity contribution in [3.63, 3.8) is 0 Å². The van der Waals surface area contributed by atoms with E-state index in [0.717, 1.165) is 0 Å². The molecule has 0 fully saturated rings. The van der Waals surface area contributed by atoms with Crippen LogP contribution in [0, 0.1) is 0 Å². The first-order chi connectivity index (χ1) is 2.41. The summed E-state index contributed by atoms with van der Waals surface area (Å²) in [5.74, 6) is 0. The molecule has 0 radical (unpaired) electrons. The maximum atomic E-state index is 8.38. The summed E-state index contributed by atoms with van der Waals surface area (Å²) in [6.07, 6.45) is 0. The molecule has 0 aliphatic heterocycles. The van der Waals surface area contributed by atoms with Crippen LogP contribution in [0.4, 0.5) is 0 Å². The Morgan fingerprint density at radius 1 is 1.80 bits per heavy atom. The van der Waals surface area contributed by atoms with Gasteiger partial charge in [-0.05, 0) is 6.92 Å². The summed E-state index contributed by atoms with van der Waals surface area (Å²) in [5.41, 5.74) is 0. The molecule has 0 unspecified atom stereocenters. The predicted molar refractivity (Wildman–Crippen MR) is 22.0 cm³/mol. The Morgan fingerprint density at radius 3 is 1.80 bits per heavy atom. The van der Waals surface area contributed by atoms with Crippen molar-refractivity contribution in [3.05, 3.63) is 0 Å². The monoisotopic (exact) mass is 138 g/mol. The van der Waals surface area contributed by atoms with Crippen LogP contribution < -0.4 is 0 Å². The van der Waals surface area contributed by atoms with Gasteiger partial charge in [-0.1, -0.05) is 0 Å². The molecule has 32 valence electrons. The fourth-order valence-corrected chi connectivity index (χ4v) is 0.